The molecule has 0 amide bonds. The highest BCUT2D eigenvalue weighted by Gasteiger charge is 2.33. The summed E-state index contributed by atoms with van der Waals surface area (Å²) in [6.45, 7) is 8.58. The normalized spacial score (nSPS) is 15.1. The lowest BCUT2D eigenvalue weighted by Gasteiger charge is -2.34. The smallest absolute Gasteiger partial charge is 0.122 e. The van der Waals surface area contributed by atoms with Crippen LogP contribution in [0.4, 0.5) is 0 Å². The third-order valence-electron chi connectivity index (χ3n) is 7.06. The number of hydrogen-bond donors (Lipinski definition) is 3. The van der Waals surface area contributed by atoms with E-state index in [-0.39, 0.29) is 10.8 Å². The maximum absolute atomic E-state index is 11.4. The van der Waals surface area contributed by atoms with E-state index in [1.165, 1.54) is 0 Å². The molecule has 3 aromatic rings. The van der Waals surface area contributed by atoms with Gasteiger partial charge in [0.15, 0.2) is 0 Å². The molecule has 0 heterocycles. The number of phenols is 3. The largest absolute Gasteiger partial charge is 0.508 e. The van der Waals surface area contributed by atoms with Crippen molar-refractivity contribution in [3.05, 3.63) is 89.0 Å². The Labute approximate surface area is 192 Å². The number of rotatable bonds is 9. The summed E-state index contributed by atoms with van der Waals surface area (Å²) in [5, 5.41) is 32.3. The van der Waals surface area contributed by atoms with Gasteiger partial charge < -0.3 is 15.3 Å². The van der Waals surface area contributed by atoms with E-state index in [0.29, 0.717) is 30.1 Å². The molecule has 3 heteroatoms. The molecule has 0 aliphatic heterocycles. The zero-order valence-electron chi connectivity index (χ0n) is 19.7. The summed E-state index contributed by atoms with van der Waals surface area (Å²) in [6.07, 6.45) is 3.97. The van der Waals surface area contributed by atoms with Crippen LogP contribution in [0, 0.1) is 0 Å². The van der Waals surface area contributed by atoms with Crippen molar-refractivity contribution in [3.63, 3.8) is 0 Å². The fourth-order valence-corrected chi connectivity index (χ4v) is 4.99. The second-order valence-electron chi connectivity index (χ2n) is 9.54. The zero-order valence-corrected chi connectivity index (χ0v) is 19.7. The Morgan fingerprint density at radius 1 is 0.625 bits per heavy atom. The Kier molecular flexibility index (Phi) is 7.18. The molecule has 0 radical (unpaired) electrons. The second-order valence-corrected chi connectivity index (χ2v) is 9.54. The van der Waals surface area contributed by atoms with E-state index < -0.39 is 0 Å². The van der Waals surface area contributed by atoms with Crippen LogP contribution in [0.1, 0.15) is 69.2 Å². The summed E-state index contributed by atoms with van der Waals surface area (Å²) < 4.78 is 0. The van der Waals surface area contributed by atoms with Gasteiger partial charge in [-0.3, -0.25) is 0 Å². The van der Waals surface area contributed by atoms with Gasteiger partial charge in [0.05, 0.1) is 0 Å². The van der Waals surface area contributed by atoms with Crippen LogP contribution in [0.2, 0.25) is 0 Å². The standard InChI is InChI=1S/C29H36O3/c1-5-18-29(4,19-21-12-7-9-16-25(21)30)24-15-11-13-22(27(24)32)20-28(3,6-2)23-14-8-10-17-26(23)31/h7-17,30-32H,5-6,18-20H2,1-4H3. The first-order valence-electron chi connectivity index (χ1n) is 11.6. The minimum atomic E-state index is -0.314. The predicted octanol–water partition coefficient (Wildman–Crippen LogP) is 7.01. The Morgan fingerprint density at radius 3 is 1.81 bits per heavy atom. The molecule has 0 fully saturated rings. The van der Waals surface area contributed by atoms with Crippen LogP contribution >= 0.6 is 0 Å². The summed E-state index contributed by atoms with van der Waals surface area (Å²) in [7, 11) is 0. The number of aromatic hydroxyl groups is 3. The molecular formula is C29H36O3. The van der Waals surface area contributed by atoms with E-state index >= 15 is 0 Å². The molecule has 3 nitrogen and oxygen atoms in total. The fourth-order valence-electron chi connectivity index (χ4n) is 4.99. The first kappa shape index (κ1) is 23.7. The van der Waals surface area contributed by atoms with Gasteiger partial charge in [0, 0.05) is 22.0 Å². The highest BCUT2D eigenvalue weighted by Crippen LogP contribution is 2.44. The van der Waals surface area contributed by atoms with Crippen molar-refractivity contribution in [1.82, 2.24) is 0 Å². The van der Waals surface area contributed by atoms with Gasteiger partial charge in [-0.1, -0.05) is 88.7 Å². The summed E-state index contributed by atoms with van der Waals surface area (Å²) in [4.78, 5) is 0. The predicted molar refractivity (Wildman–Crippen MR) is 132 cm³/mol. The Bertz CT molecular complexity index is 1060. The van der Waals surface area contributed by atoms with E-state index in [2.05, 4.69) is 27.7 Å². The molecule has 32 heavy (non-hydrogen) atoms. The topological polar surface area (TPSA) is 60.7 Å². The number of benzene rings is 3. The molecule has 0 saturated carbocycles. The van der Waals surface area contributed by atoms with Crippen molar-refractivity contribution in [3.8, 4) is 17.2 Å². The molecule has 3 aromatic carbocycles. The molecule has 0 aliphatic rings. The van der Waals surface area contributed by atoms with Gasteiger partial charge in [-0.15, -0.1) is 0 Å². The third kappa shape index (κ3) is 4.77. The van der Waals surface area contributed by atoms with Crippen molar-refractivity contribution < 1.29 is 15.3 Å². The van der Waals surface area contributed by atoms with E-state index in [1.807, 2.05) is 54.6 Å². The van der Waals surface area contributed by atoms with Gasteiger partial charge in [0.25, 0.3) is 0 Å². The highest BCUT2D eigenvalue weighted by atomic mass is 16.3. The van der Waals surface area contributed by atoms with Crippen LogP contribution in [-0.2, 0) is 23.7 Å². The van der Waals surface area contributed by atoms with Crippen molar-refractivity contribution in [2.75, 3.05) is 0 Å². The molecule has 0 aliphatic carbocycles. The van der Waals surface area contributed by atoms with Gasteiger partial charge in [0.1, 0.15) is 17.2 Å². The lowest BCUT2D eigenvalue weighted by Crippen LogP contribution is -2.27. The third-order valence-corrected chi connectivity index (χ3v) is 7.06. The Hall–Kier alpha value is -2.94. The molecule has 0 aromatic heterocycles. The molecule has 0 bridgehead atoms. The first-order valence-corrected chi connectivity index (χ1v) is 11.6. The van der Waals surface area contributed by atoms with Crippen molar-refractivity contribution >= 4 is 0 Å². The molecule has 2 atom stereocenters. The number of hydrogen-bond acceptors (Lipinski definition) is 3. The van der Waals surface area contributed by atoms with Crippen LogP contribution in [-0.4, -0.2) is 15.3 Å². The van der Waals surface area contributed by atoms with Crippen LogP contribution in [0.3, 0.4) is 0 Å². The molecule has 2 unspecified atom stereocenters. The van der Waals surface area contributed by atoms with Gasteiger partial charge >= 0.3 is 0 Å². The van der Waals surface area contributed by atoms with Crippen LogP contribution in [0.25, 0.3) is 0 Å². The average Bonchev–Trinajstić information content (AvgIpc) is 2.77. The first-order chi connectivity index (χ1) is 15.2. The fraction of sp³-hybridized carbons (Fsp3) is 0.379. The lowest BCUT2D eigenvalue weighted by atomic mass is 9.71. The van der Waals surface area contributed by atoms with Crippen molar-refractivity contribution in [1.29, 1.82) is 0 Å². The molecular weight excluding hydrogens is 396 g/mol. The minimum absolute atomic E-state index is 0.294. The summed E-state index contributed by atoms with van der Waals surface area (Å²) >= 11 is 0. The summed E-state index contributed by atoms with van der Waals surface area (Å²) in [6, 6.07) is 20.9. The minimum Gasteiger partial charge on any atom is -0.508 e. The monoisotopic (exact) mass is 432 g/mol. The van der Waals surface area contributed by atoms with Gasteiger partial charge in [-0.2, -0.15) is 0 Å². The second kappa shape index (κ2) is 9.68. The zero-order chi connectivity index (χ0) is 23.4. The van der Waals surface area contributed by atoms with Crippen LogP contribution in [0.5, 0.6) is 17.2 Å². The summed E-state index contributed by atoms with van der Waals surface area (Å²) in [5.41, 5.74) is 2.97. The quantitative estimate of drug-likeness (QED) is 0.341. The average molecular weight is 433 g/mol. The van der Waals surface area contributed by atoms with Crippen molar-refractivity contribution in [2.45, 2.75) is 70.6 Å². The van der Waals surface area contributed by atoms with E-state index in [4.69, 9.17) is 0 Å². The Morgan fingerprint density at radius 2 is 1.19 bits per heavy atom. The maximum Gasteiger partial charge on any atom is 0.122 e. The molecule has 3 N–H and O–H groups in total. The Balaban J connectivity index is 2.02. The summed E-state index contributed by atoms with van der Waals surface area (Å²) in [5.74, 6) is 0.917. The van der Waals surface area contributed by atoms with Crippen LogP contribution in [0.15, 0.2) is 66.7 Å². The number of para-hydroxylation sites is 3. The van der Waals surface area contributed by atoms with Crippen LogP contribution < -0.4 is 0 Å². The SMILES string of the molecule is CCCC(C)(Cc1ccccc1O)c1cccc(CC(C)(CC)c2ccccc2O)c1O. The highest BCUT2D eigenvalue weighted by molar-refractivity contribution is 5.49. The van der Waals surface area contributed by atoms with Gasteiger partial charge in [-0.05, 0) is 48.9 Å². The molecule has 0 saturated heterocycles. The molecule has 3 rings (SSSR count). The van der Waals surface area contributed by atoms with E-state index in [9.17, 15) is 15.3 Å². The number of phenolic OH excluding ortho intramolecular Hbond substituents is 3. The van der Waals surface area contributed by atoms with E-state index in [1.54, 1.807) is 12.1 Å². The van der Waals surface area contributed by atoms with Gasteiger partial charge in [-0.25, -0.2) is 0 Å². The van der Waals surface area contributed by atoms with E-state index in [0.717, 1.165) is 41.5 Å². The maximum atomic E-state index is 11.4. The van der Waals surface area contributed by atoms with Crippen molar-refractivity contribution in [2.24, 2.45) is 0 Å². The van der Waals surface area contributed by atoms with Gasteiger partial charge in [0.2, 0.25) is 0 Å². The lowest BCUT2D eigenvalue weighted by molar-refractivity contribution is 0.370. The molecule has 0 spiro atoms. The molecule has 170 valence electrons.